The van der Waals surface area contributed by atoms with Gasteiger partial charge in [-0.1, -0.05) is 42.5 Å². The Morgan fingerprint density at radius 2 is 1.66 bits per heavy atom. The smallest absolute Gasteiger partial charge is 0.251 e. The molecule has 0 radical (unpaired) electrons. The van der Waals surface area contributed by atoms with E-state index in [9.17, 15) is 18.8 Å². The zero-order valence-electron chi connectivity index (χ0n) is 17.0. The summed E-state index contributed by atoms with van der Waals surface area (Å²) in [4.78, 5) is 39.9. The van der Waals surface area contributed by atoms with Gasteiger partial charge in [0.15, 0.2) is 0 Å². The van der Waals surface area contributed by atoms with Crippen molar-refractivity contribution in [2.24, 2.45) is 0 Å². The maximum atomic E-state index is 13.2. The average Bonchev–Trinajstić information content (AvgIpc) is 2.80. The Labute approximate surface area is 184 Å². The number of para-hydroxylation sites is 2. The molecule has 0 fully saturated rings. The molecule has 160 valence electrons. The summed E-state index contributed by atoms with van der Waals surface area (Å²) in [5.74, 6) is -1.77. The number of rotatable bonds is 5. The van der Waals surface area contributed by atoms with Crippen LogP contribution in [0.2, 0.25) is 0 Å². The van der Waals surface area contributed by atoms with Gasteiger partial charge in [-0.3, -0.25) is 19.3 Å². The highest BCUT2D eigenvalue weighted by atomic mass is 19.1. The number of halogens is 1. The molecule has 3 aromatic rings. The van der Waals surface area contributed by atoms with Crippen LogP contribution >= 0.6 is 0 Å². The van der Waals surface area contributed by atoms with Crippen molar-refractivity contribution in [3.63, 3.8) is 0 Å². The minimum Gasteiger partial charge on any atom is -0.326 e. The third-order valence-corrected chi connectivity index (χ3v) is 5.00. The second kappa shape index (κ2) is 9.26. The Morgan fingerprint density at radius 1 is 0.969 bits per heavy atom. The van der Waals surface area contributed by atoms with Gasteiger partial charge in [-0.25, -0.2) is 4.39 Å². The third-order valence-electron chi connectivity index (χ3n) is 5.00. The van der Waals surface area contributed by atoms with Gasteiger partial charge >= 0.3 is 0 Å². The van der Waals surface area contributed by atoms with E-state index in [1.54, 1.807) is 30.3 Å². The van der Waals surface area contributed by atoms with Crippen molar-refractivity contribution in [1.82, 2.24) is 0 Å². The average molecular weight is 429 g/mol. The maximum absolute atomic E-state index is 13.2. The molecule has 6 nitrogen and oxygen atoms in total. The fourth-order valence-corrected chi connectivity index (χ4v) is 3.48. The highest BCUT2D eigenvalue weighted by Gasteiger charge is 2.37. The summed E-state index contributed by atoms with van der Waals surface area (Å²) in [5.41, 5.74) is 2.24. The summed E-state index contributed by atoms with van der Waals surface area (Å²) in [7, 11) is 0. The normalized spacial score (nSPS) is 15.2. The van der Waals surface area contributed by atoms with Crippen LogP contribution in [0.15, 0.2) is 84.9 Å². The standard InChI is InChI=1S/C25H20FN3O3/c26-18-11-13-19(14-12-18)27-23(30)16-22-25(32)28-20-8-4-5-9-21(20)29(22)24(31)15-10-17-6-2-1-3-7-17/h1-15,22H,16H2,(H,27,30)(H,28,32)/b15-10+/t22-/m1/s1. The summed E-state index contributed by atoms with van der Waals surface area (Å²) in [5, 5.41) is 5.40. The first-order valence-corrected chi connectivity index (χ1v) is 10.0. The largest absolute Gasteiger partial charge is 0.326 e. The van der Waals surface area contributed by atoms with Crippen LogP contribution in [0, 0.1) is 5.82 Å². The minimum atomic E-state index is -1.04. The second-order valence-corrected chi connectivity index (χ2v) is 7.23. The summed E-state index contributed by atoms with van der Waals surface area (Å²) < 4.78 is 13.1. The van der Waals surface area contributed by atoms with Crippen molar-refractivity contribution in [2.75, 3.05) is 15.5 Å². The van der Waals surface area contributed by atoms with E-state index in [1.807, 2.05) is 30.3 Å². The summed E-state index contributed by atoms with van der Waals surface area (Å²) in [6.45, 7) is 0. The first-order valence-electron chi connectivity index (χ1n) is 10.0. The van der Waals surface area contributed by atoms with E-state index < -0.39 is 29.6 Å². The van der Waals surface area contributed by atoms with E-state index in [2.05, 4.69) is 10.6 Å². The molecule has 4 rings (SSSR count). The number of nitrogens with one attached hydrogen (secondary N) is 2. The highest BCUT2D eigenvalue weighted by molar-refractivity contribution is 6.16. The Kier molecular flexibility index (Phi) is 6.07. The van der Waals surface area contributed by atoms with Crippen LogP contribution in [0.5, 0.6) is 0 Å². The second-order valence-electron chi connectivity index (χ2n) is 7.23. The Morgan fingerprint density at radius 3 is 2.41 bits per heavy atom. The molecule has 0 saturated carbocycles. The molecule has 1 aliphatic rings. The molecule has 0 bridgehead atoms. The molecule has 7 heteroatoms. The van der Waals surface area contributed by atoms with Gasteiger partial charge < -0.3 is 10.6 Å². The molecule has 1 heterocycles. The number of amides is 3. The molecule has 1 aliphatic heterocycles. The monoisotopic (exact) mass is 429 g/mol. The molecule has 2 N–H and O–H groups in total. The molecule has 1 atom stereocenters. The SMILES string of the molecule is O=C(C[C@@H]1C(=O)Nc2ccccc2N1C(=O)/C=C/c1ccccc1)Nc1ccc(F)cc1. The van der Waals surface area contributed by atoms with E-state index in [1.165, 1.54) is 35.2 Å². The molecule has 0 saturated heterocycles. The molecule has 3 amide bonds. The fourth-order valence-electron chi connectivity index (χ4n) is 3.48. The van der Waals surface area contributed by atoms with Gasteiger partial charge in [0.2, 0.25) is 11.8 Å². The first kappa shape index (κ1) is 21.0. The van der Waals surface area contributed by atoms with Gasteiger partial charge in [0, 0.05) is 11.8 Å². The number of carbonyl (C=O) groups excluding carboxylic acids is 3. The van der Waals surface area contributed by atoms with Crippen LogP contribution in [0.3, 0.4) is 0 Å². The van der Waals surface area contributed by atoms with Crippen LogP contribution < -0.4 is 15.5 Å². The molecule has 0 spiro atoms. The van der Waals surface area contributed by atoms with E-state index >= 15 is 0 Å². The van der Waals surface area contributed by atoms with Gasteiger partial charge in [-0.05, 0) is 48.0 Å². The van der Waals surface area contributed by atoms with Crippen molar-refractivity contribution in [1.29, 1.82) is 0 Å². The predicted octanol–water partition coefficient (Wildman–Crippen LogP) is 4.22. The van der Waals surface area contributed by atoms with E-state index in [0.29, 0.717) is 17.1 Å². The molecule has 0 unspecified atom stereocenters. The fraction of sp³-hybridized carbons (Fsp3) is 0.0800. The lowest BCUT2D eigenvalue weighted by molar-refractivity contribution is -0.124. The molecule has 0 aliphatic carbocycles. The summed E-state index contributed by atoms with van der Waals surface area (Å²) in [6, 6.07) is 20.5. The van der Waals surface area contributed by atoms with Gasteiger partial charge in [0.1, 0.15) is 11.9 Å². The molecular formula is C25H20FN3O3. The van der Waals surface area contributed by atoms with Crippen LogP contribution in [0.4, 0.5) is 21.5 Å². The molecular weight excluding hydrogens is 409 g/mol. The van der Waals surface area contributed by atoms with Gasteiger partial charge in [-0.15, -0.1) is 0 Å². The number of hydrogen-bond donors (Lipinski definition) is 2. The van der Waals surface area contributed by atoms with Crippen LogP contribution in [-0.2, 0) is 14.4 Å². The van der Waals surface area contributed by atoms with E-state index in [4.69, 9.17) is 0 Å². The van der Waals surface area contributed by atoms with Crippen LogP contribution in [0.1, 0.15) is 12.0 Å². The van der Waals surface area contributed by atoms with Gasteiger partial charge in [0.05, 0.1) is 17.8 Å². The number of carbonyl (C=O) groups is 3. The minimum absolute atomic E-state index is 0.261. The van der Waals surface area contributed by atoms with Gasteiger partial charge in [0.25, 0.3) is 5.91 Å². The number of hydrogen-bond acceptors (Lipinski definition) is 3. The number of benzene rings is 3. The lowest BCUT2D eigenvalue weighted by atomic mass is 10.0. The lowest BCUT2D eigenvalue weighted by Gasteiger charge is -2.35. The Balaban J connectivity index is 1.59. The number of anilines is 3. The number of fused-ring (bicyclic) bond motifs is 1. The van der Waals surface area contributed by atoms with E-state index in [-0.39, 0.29) is 6.42 Å². The zero-order chi connectivity index (χ0) is 22.5. The zero-order valence-corrected chi connectivity index (χ0v) is 17.0. The van der Waals surface area contributed by atoms with Crippen molar-refractivity contribution in [3.8, 4) is 0 Å². The van der Waals surface area contributed by atoms with Crippen LogP contribution in [-0.4, -0.2) is 23.8 Å². The summed E-state index contributed by atoms with van der Waals surface area (Å²) >= 11 is 0. The van der Waals surface area contributed by atoms with Crippen molar-refractivity contribution >= 4 is 40.9 Å². The summed E-state index contributed by atoms with van der Waals surface area (Å²) in [6.07, 6.45) is 2.78. The van der Waals surface area contributed by atoms with Crippen molar-refractivity contribution in [2.45, 2.75) is 12.5 Å². The Bertz CT molecular complexity index is 1180. The van der Waals surface area contributed by atoms with E-state index in [0.717, 1.165) is 5.56 Å². The quantitative estimate of drug-likeness (QED) is 0.596. The van der Waals surface area contributed by atoms with Crippen LogP contribution in [0.25, 0.3) is 6.08 Å². The Hall–Kier alpha value is -4.26. The predicted molar refractivity (Wildman–Crippen MR) is 121 cm³/mol. The maximum Gasteiger partial charge on any atom is 0.251 e. The number of nitrogens with zero attached hydrogens (tertiary/aromatic N) is 1. The lowest BCUT2D eigenvalue weighted by Crippen LogP contribution is -2.52. The molecule has 32 heavy (non-hydrogen) atoms. The third kappa shape index (κ3) is 4.73. The highest BCUT2D eigenvalue weighted by Crippen LogP contribution is 2.33. The topological polar surface area (TPSA) is 78.5 Å². The first-order chi connectivity index (χ1) is 15.5. The van der Waals surface area contributed by atoms with Gasteiger partial charge in [-0.2, -0.15) is 0 Å². The van der Waals surface area contributed by atoms with Crippen molar-refractivity contribution in [3.05, 3.63) is 96.3 Å². The molecule has 3 aromatic carbocycles. The molecule has 0 aromatic heterocycles. The van der Waals surface area contributed by atoms with Crippen molar-refractivity contribution < 1.29 is 18.8 Å².